The highest BCUT2D eigenvalue weighted by Crippen LogP contribution is 2.45. The van der Waals surface area contributed by atoms with Crippen LogP contribution >= 0.6 is 0 Å². The lowest BCUT2D eigenvalue weighted by Gasteiger charge is -2.40. The molecule has 2 aliphatic rings. The van der Waals surface area contributed by atoms with E-state index in [2.05, 4.69) is 16.5 Å². The Morgan fingerprint density at radius 2 is 1.98 bits per heavy atom. The second-order valence-corrected chi connectivity index (χ2v) is 11.0. The van der Waals surface area contributed by atoms with Gasteiger partial charge in [-0.3, -0.25) is 14.3 Å². The van der Waals surface area contributed by atoms with Crippen molar-refractivity contribution in [1.82, 2.24) is 19.4 Å². The number of piperazine rings is 1. The van der Waals surface area contributed by atoms with Gasteiger partial charge in [0.15, 0.2) is 17.4 Å². The van der Waals surface area contributed by atoms with Gasteiger partial charge in [0, 0.05) is 31.4 Å². The van der Waals surface area contributed by atoms with E-state index in [0.29, 0.717) is 16.9 Å². The molecule has 1 atom stereocenters. The summed E-state index contributed by atoms with van der Waals surface area (Å²) in [5, 5.41) is 10.8. The van der Waals surface area contributed by atoms with Gasteiger partial charge in [-0.05, 0) is 42.7 Å². The molecule has 43 heavy (non-hydrogen) atoms. The smallest absolute Gasteiger partial charge is 0.354 e. The van der Waals surface area contributed by atoms with Crippen LogP contribution in [0.2, 0.25) is 0 Å². The number of rotatable bonds is 4. The summed E-state index contributed by atoms with van der Waals surface area (Å²) < 4.78 is 52.7. The van der Waals surface area contributed by atoms with Gasteiger partial charge in [-0.1, -0.05) is 26.5 Å². The fraction of sp³-hybridized carbons (Fsp3) is 0.290. The molecule has 0 aliphatic carbocycles. The molecule has 0 bridgehead atoms. The minimum absolute atomic E-state index is 0.00378. The zero-order chi connectivity index (χ0) is 30.7. The van der Waals surface area contributed by atoms with E-state index >= 15 is 8.78 Å². The Kier molecular flexibility index (Phi) is 6.86. The van der Waals surface area contributed by atoms with Crippen LogP contribution in [0.15, 0.2) is 53.7 Å². The monoisotopic (exact) mass is 591 g/mol. The fourth-order valence-electron chi connectivity index (χ4n) is 5.93. The number of hydrogen-bond donors (Lipinski definition) is 1. The lowest BCUT2D eigenvalue weighted by Crippen LogP contribution is -2.57. The van der Waals surface area contributed by atoms with Gasteiger partial charge in [-0.15, -0.1) is 0 Å². The van der Waals surface area contributed by atoms with E-state index in [9.17, 15) is 19.1 Å². The zero-order valence-corrected chi connectivity index (χ0v) is 23.7. The largest absolute Gasteiger partial charge is 0.507 e. The van der Waals surface area contributed by atoms with E-state index in [-0.39, 0.29) is 60.2 Å². The Bertz CT molecular complexity index is 1870. The molecular formula is C31H28F3N5O4. The van der Waals surface area contributed by atoms with E-state index in [1.165, 1.54) is 27.7 Å². The number of phenols is 1. The third-order valence-corrected chi connectivity index (χ3v) is 7.94. The maximum Gasteiger partial charge on any atom is 0.354 e. The lowest BCUT2D eigenvalue weighted by atomic mass is 9.99. The molecule has 9 nitrogen and oxygen atoms in total. The average molecular weight is 592 g/mol. The highest BCUT2D eigenvalue weighted by molar-refractivity contribution is 6.00. The van der Waals surface area contributed by atoms with Crippen LogP contribution in [0, 0.1) is 18.6 Å². The molecule has 2 aromatic carbocycles. The molecular weight excluding hydrogens is 563 g/mol. The average Bonchev–Trinajstić information content (AvgIpc) is 3.12. The van der Waals surface area contributed by atoms with Gasteiger partial charge in [0.25, 0.3) is 5.91 Å². The lowest BCUT2D eigenvalue weighted by molar-refractivity contribution is -0.129. The van der Waals surface area contributed by atoms with E-state index in [0.717, 1.165) is 6.07 Å². The number of nitrogens with zero attached hydrogens (tertiary/aromatic N) is 5. The zero-order valence-electron chi connectivity index (χ0n) is 23.7. The molecule has 1 amide bonds. The summed E-state index contributed by atoms with van der Waals surface area (Å²) in [4.78, 5) is 38.3. The molecule has 4 heterocycles. The first kappa shape index (κ1) is 28.3. The van der Waals surface area contributed by atoms with E-state index in [1.807, 2.05) is 20.8 Å². The third kappa shape index (κ3) is 4.48. The summed E-state index contributed by atoms with van der Waals surface area (Å²) in [6, 6.07) is 6.05. The Balaban J connectivity index is 1.69. The number of anilines is 1. The van der Waals surface area contributed by atoms with Crippen molar-refractivity contribution in [3.05, 3.63) is 82.3 Å². The topological polar surface area (TPSA) is 101 Å². The van der Waals surface area contributed by atoms with Gasteiger partial charge in [-0.2, -0.15) is 4.98 Å². The number of hydrogen-bond acceptors (Lipinski definition) is 7. The van der Waals surface area contributed by atoms with Crippen LogP contribution in [0.1, 0.15) is 31.0 Å². The normalized spacial score (nSPS) is 16.2. The molecule has 4 aromatic rings. The van der Waals surface area contributed by atoms with Crippen molar-refractivity contribution in [3.63, 3.8) is 0 Å². The van der Waals surface area contributed by atoms with Crippen LogP contribution in [0.25, 0.3) is 27.7 Å². The number of amides is 1. The van der Waals surface area contributed by atoms with E-state index in [4.69, 9.17) is 4.74 Å². The van der Waals surface area contributed by atoms with Crippen molar-refractivity contribution in [2.24, 2.45) is 0 Å². The number of halogens is 3. The number of aromatic nitrogens is 3. The minimum atomic E-state index is -1.11. The summed E-state index contributed by atoms with van der Waals surface area (Å²) >= 11 is 0. The highest BCUT2D eigenvalue weighted by atomic mass is 19.1. The number of fused-ring (bicyclic) bond motifs is 2. The first-order valence-electron chi connectivity index (χ1n) is 13.8. The van der Waals surface area contributed by atoms with Crippen LogP contribution in [0.4, 0.5) is 19.0 Å². The van der Waals surface area contributed by atoms with Crippen molar-refractivity contribution in [1.29, 1.82) is 0 Å². The Morgan fingerprint density at radius 1 is 1.21 bits per heavy atom. The predicted molar refractivity (Wildman–Crippen MR) is 154 cm³/mol. The van der Waals surface area contributed by atoms with Gasteiger partial charge < -0.3 is 19.6 Å². The maximum absolute atomic E-state index is 16.5. The van der Waals surface area contributed by atoms with Gasteiger partial charge in [0.05, 0.1) is 33.9 Å². The number of carbonyl (C=O) groups is 1. The molecule has 0 spiro atoms. The molecule has 222 valence electrons. The fourth-order valence-corrected chi connectivity index (χ4v) is 5.93. The molecule has 0 radical (unpaired) electrons. The van der Waals surface area contributed by atoms with Gasteiger partial charge in [-0.25, -0.2) is 18.0 Å². The standard InChI is InChI=1S/C31H28F3N5O4/c1-15(2)26-27(16(3)8-9-35-26)39-21-12-19(23-20(33)6-5-7-22(23)40)25(34)28-24(21)29(36-31(39)42)38-11-10-37(30(41)17(4)32)13-18(38)14-43-28/h5-9,12,15,18,40H,4,10-11,13-14H2,1-3H3/t18-/m1/s1. The van der Waals surface area contributed by atoms with Gasteiger partial charge >= 0.3 is 5.69 Å². The van der Waals surface area contributed by atoms with Crippen LogP contribution in [0.3, 0.4) is 0 Å². The van der Waals surface area contributed by atoms with Crippen molar-refractivity contribution in [2.45, 2.75) is 32.7 Å². The Hall–Kier alpha value is -4.87. The molecule has 1 N–H and O–H groups in total. The SMILES string of the molecule is C=C(F)C(=O)N1CCN2c3nc(=O)n(-c4c(C)ccnc4C(C)C)c4cc(-c5c(O)cccc5F)c(F)c(c34)OC[C@H]2C1. The molecule has 1 saturated heterocycles. The molecule has 12 heteroatoms. The highest BCUT2D eigenvalue weighted by Gasteiger charge is 2.38. The molecule has 0 unspecified atom stereocenters. The second kappa shape index (κ2) is 10.4. The first-order valence-corrected chi connectivity index (χ1v) is 13.8. The van der Waals surface area contributed by atoms with Crippen LogP contribution < -0.4 is 15.3 Å². The molecule has 2 aliphatic heterocycles. The Morgan fingerprint density at radius 3 is 2.67 bits per heavy atom. The van der Waals surface area contributed by atoms with E-state index in [1.54, 1.807) is 17.2 Å². The summed E-state index contributed by atoms with van der Waals surface area (Å²) in [7, 11) is 0. The molecule has 2 aromatic heterocycles. The summed E-state index contributed by atoms with van der Waals surface area (Å²) in [6.07, 6.45) is 1.63. The number of pyridine rings is 1. The molecule has 0 saturated carbocycles. The van der Waals surface area contributed by atoms with E-state index < -0.39 is 46.4 Å². The number of phenolic OH excluding ortho intramolecular Hbond substituents is 1. The minimum Gasteiger partial charge on any atom is -0.507 e. The number of aromatic hydroxyl groups is 1. The van der Waals surface area contributed by atoms with Gasteiger partial charge in [0.2, 0.25) is 0 Å². The second-order valence-electron chi connectivity index (χ2n) is 11.0. The Labute approximate surface area is 244 Å². The van der Waals surface area contributed by atoms with Crippen LogP contribution in [0.5, 0.6) is 11.5 Å². The summed E-state index contributed by atoms with van der Waals surface area (Å²) in [6.45, 7) is 8.84. The number of carbonyl (C=O) groups excluding carboxylic acids is 1. The first-order chi connectivity index (χ1) is 20.5. The van der Waals surface area contributed by atoms with Crippen molar-refractivity contribution < 1.29 is 27.8 Å². The summed E-state index contributed by atoms with van der Waals surface area (Å²) in [5.74, 6) is -4.59. The maximum atomic E-state index is 16.5. The number of benzene rings is 2. The number of ether oxygens (including phenoxy) is 1. The van der Waals surface area contributed by atoms with Crippen molar-refractivity contribution in [2.75, 3.05) is 31.1 Å². The van der Waals surface area contributed by atoms with Crippen molar-refractivity contribution in [3.8, 4) is 28.3 Å². The summed E-state index contributed by atoms with van der Waals surface area (Å²) in [5.41, 5.74) is 0.487. The van der Waals surface area contributed by atoms with Crippen LogP contribution in [-0.2, 0) is 4.79 Å². The number of aryl methyl sites for hydroxylation is 1. The predicted octanol–water partition coefficient (Wildman–Crippen LogP) is 4.76. The molecule has 6 rings (SSSR count). The third-order valence-electron chi connectivity index (χ3n) is 7.94. The van der Waals surface area contributed by atoms with Crippen molar-refractivity contribution >= 4 is 22.6 Å². The van der Waals surface area contributed by atoms with Crippen LogP contribution in [-0.4, -0.2) is 62.7 Å². The van der Waals surface area contributed by atoms with Gasteiger partial charge in [0.1, 0.15) is 24.0 Å². The molecule has 1 fully saturated rings. The quantitative estimate of drug-likeness (QED) is 0.342.